The number of halogens is 1. The molecule has 1 aromatic heterocycles. The Morgan fingerprint density at radius 3 is 2.78 bits per heavy atom. The molecule has 4 nitrogen and oxygen atoms in total. The second kappa shape index (κ2) is 5.69. The van der Waals surface area contributed by atoms with Crippen LogP contribution in [0.25, 0.3) is 0 Å². The molecule has 0 aliphatic heterocycles. The lowest BCUT2D eigenvalue weighted by molar-refractivity contribution is 0.0911. The number of benzene rings is 1. The second-order valence-electron chi connectivity index (χ2n) is 3.68. The van der Waals surface area contributed by atoms with Crippen molar-refractivity contribution in [3.63, 3.8) is 0 Å². The molecule has 0 spiro atoms. The molecule has 0 saturated carbocycles. The summed E-state index contributed by atoms with van der Waals surface area (Å²) in [5.74, 6) is 0.479. The Hall–Kier alpha value is -1.81. The molecule has 0 amide bonds. The normalized spacial score (nSPS) is 10.3. The van der Waals surface area contributed by atoms with Gasteiger partial charge in [0, 0.05) is 6.54 Å². The highest BCUT2D eigenvalue weighted by Crippen LogP contribution is 2.16. The van der Waals surface area contributed by atoms with Gasteiger partial charge in [0.15, 0.2) is 6.61 Å². The summed E-state index contributed by atoms with van der Waals surface area (Å²) in [7, 11) is 0. The molecule has 0 N–H and O–H groups in total. The predicted molar refractivity (Wildman–Crippen MR) is 69.2 cm³/mol. The van der Waals surface area contributed by atoms with Crippen molar-refractivity contribution >= 4 is 17.4 Å². The minimum atomic E-state index is -0.178. The number of Topliss-reactive ketones (excluding diaryl/α,β-unsaturated/α-hetero) is 1. The first-order valence-corrected chi connectivity index (χ1v) is 6.02. The monoisotopic (exact) mass is 264 g/mol. The number of nitrogens with zero attached hydrogens (tertiary/aromatic N) is 2. The van der Waals surface area contributed by atoms with E-state index in [1.165, 1.54) is 6.20 Å². The van der Waals surface area contributed by atoms with Crippen molar-refractivity contribution in [3.05, 3.63) is 47.2 Å². The number of ether oxygens (including phenoxy) is 1. The van der Waals surface area contributed by atoms with Crippen LogP contribution < -0.4 is 4.74 Å². The number of hydrogen-bond acceptors (Lipinski definition) is 3. The highest BCUT2D eigenvalue weighted by Gasteiger charge is 2.17. The molecule has 5 heteroatoms. The summed E-state index contributed by atoms with van der Waals surface area (Å²) >= 11 is 5.94. The lowest BCUT2D eigenvalue weighted by atomic mass is 10.3. The summed E-state index contributed by atoms with van der Waals surface area (Å²) in [6.45, 7) is 2.45. The molecule has 0 fully saturated rings. The van der Waals surface area contributed by atoms with E-state index < -0.39 is 0 Å². The first kappa shape index (κ1) is 12.6. The Labute approximate surface area is 110 Å². The fourth-order valence-electron chi connectivity index (χ4n) is 1.61. The van der Waals surface area contributed by atoms with E-state index in [0.717, 1.165) is 0 Å². The van der Waals surface area contributed by atoms with Crippen molar-refractivity contribution in [2.75, 3.05) is 6.61 Å². The van der Waals surface area contributed by atoms with Gasteiger partial charge in [0.05, 0.1) is 11.2 Å². The van der Waals surface area contributed by atoms with E-state index in [-0.39, 0.29) is 12.4 Å². The fourth-order valence-corrected chi connectivity index (χ4v) is 1.86. The summed E-state index contributed by atoms with van der Waals surface area (Å²) in [6.07, 6.45) is 1.47. The quantitative estimate of drug-likeness (QED) is 0.780. The van der Waals surface area contributed by atoms with Crippen LogP contribution in [0.15, 0.2) is 36.5 Å². The van der Waals surface area contributed by atoms with Gasteiger partial charge in [-0.2, -0.15) is 5.10 Å². The van der Waals surface area contributed by atoms with Crippen molar-refractivity contribution in [2.24, 2.45) is 0 Å². The zero-order chi connectivity index (χ0) is 13.0. The van der Waals surface area contributed by atoms with Crippen molar-refractivity contribution < 1.29 is 9.53 Å². The fraction of sp³-hybridized carbons (Fsp3) is 0.231. The van der Waals surface area contributed by atoms with Crippen LogP contribution in [-0.2, 0) is 6.54 Å². The number of carbonyl (C=O) groups excluding carboxylic acids is 1. The third-order valence-electron chi connectivity index (χ3n) is 2.47. The van der Waals surface area contributed by atoms with Crippen molar-refractivity contribution in [3.8, 4) is 5.75 Å². The average molecular weight is 265 g/mol. The van der Waals surface area contributed by atoms with E-state index in [2.05, 4.69) is 5.10 Å². The lowest BCUT2D eigenvalue weighted by Gasteiger charge is -2.07. The van der Waals surface area contributed by atoms with Gasteiger partial charge in [-0.25, -0.2) is 0 Å². The van der Waals surface area contributed by atoms with E-state index in [1.54, 1.807) is 16.8 Å². The second-order valence-corrected chi connectivity index (χ2v) is 4.09. The maximum absolute atomic E-state index is 12.0. The molecule has 2 aromatic rings. The lowest BCUT2D eigenvalue weighted by Crippen LogP contribution is -2.17. The number of rotatable bonds is 5. The molecule has 0 aliphatic carbocycles. The van der Waals surface area contributed by atoms with Crippen molar-refractivity contribution in [1.82, 2.24) is 9.78 Å². The molecule has 1 heterocycles. The standard InChI is InChI=1S/C13H13ClN2O2/c1-2-16-13(11(14)8-15-16)12(17)9-18-10-6-4-3-5-7-10/h3-8H,2,9H2,1H3. The third-order valence-corrected chi connectivity index (χ3v) is 2.75. The summed E-state index contributed by atoms with van der Waals surface area (Å²) in [5.41, 5.74) is 0.398. The third kappa shape index (κ3) is 2.71. The van der Waals surface area contributed by atoms with Gasteiger partial charge in [0.1, 0.15) is 11.4 Å². The van der Waals surface area contributed by atoms with E-state index in [1.807, 2.05) is 25.1 Å². The number of aromatic nitrogens is 2. The molecule has 0 saturated heterocycles. The van der Waals surface area contributed by atoms with E-state index in [4.69, 9.17) is 16.3 Å². The predicted octanol–water partition coefficient (Wildman–Crippen LogP) is 2.82. The van der Waals surface area contributed by atoms with Gasteiger partial charge in [0.25, 0.3) is 0 Å². The molecule has 2 rings (SSSR count). The van der Waals surface area contributed by atoms with Crippen molar-refractivity contribution in [1.29, 1.82) is 0 Å². The van der Waals surface area contributed by atoms with Crippen LogP contribution in [-0.4, -0.2) is 22.2 Å². The van der Waals surface area contributed by atoms with Gasteiger partial charge in [-0.15, -0.1) is 0 Å². The number of carbonyl (C=O) groups is 1. The molecule has 94 valence electrons. The molecule has 0 radical (unpaired) electrons. The van der Waals surface area contributed by atoms with Gasteiger partial charge in [-0.3, -0.25) is 9.48 Å². The zero-order valence-electron chi connectivity index (χ0n) is 9.97. The topological polar surface area (TPSA) is 44.1 Å². The maximum atomic E-state index is 12.0. The van der Waals surface area contributed by atoms with Crippen LogP contribution in [0.2, 0.25) is 5.02 Å². The highest BCUT2D eigenvalue weighted by molar-refractivity contribution is 6.33. The summed E-state index contributed by atoms with van der Waals surface area (Å²) in [6, 6.07) is 9.18. The molecule has 0 unspecified atom stereocenters. The Morgan fingerprint density at radius 2 is 2.11 bits per heavy atom. The number of ketones is 1. The van der Waals surface area contributed by atoms with Crippen LogP contribution in [0.3, 0.4) is 0 Å². The summed E-state index contributed by atoms with van der Waals surface area (Å²) in [4.78, 5) is 12.0. The Balaban J connectivity index is 2.06. The molecule has 1 aromatic carbocycles. The van der Waals surface area contributed by atoms with Gasteiger partial charge in [-0.05, 0) is 19.1 Å². The number of hydrogen-bond donors (Lipinski definition) is 0. The highest BCUT2D eigenvalue weighted by atomic mass is 35.5. The molecule has 0 aliphatic rings. The molecular formula is C13H13ClN2O2. The number of aryl methyl sites for hydroxylation is 1. The Bertz CT molecular complexity index is 537. The van der Waals surface area contributed by atoms with Gasteiger partial charge in [0.2, 0.25) is 5.78 Å². The van der Waals surface area contributed by atoms with Gasteiger partial charge in [-0.1, -0.05) is 29.8 Å². The zero-order valence-corrected chi connectivity index (χ0v) is 10.7. The molecular weight excluding hydrogens is 252 g/mol. The summed E-state index contributed by atoms with van der Waals surface area (Å²) in [5, 5.41) is 4.38. The Kier molecular flexibility index (Phi) is 3.99. The minimum Gasteiger partial charge on any atom is -0.485 e. The first-order valence-electron chi connectivity index (χ1n) is 5.64. The van der Waals surface area contributed by atoms with E-state index in [0.29, 0.717) is 23.0 Å². The molecule has 18 heavy (non-hydrogen) atoms. The van der Waals surface area contributed by atoms with Crippen LogP contribution >= 0.6 is 11.6 Å². The van der Waals surface area contributed by atoms with Crippen LogP contribution in [0.1, 0.15) is 17.4 Å². The van der Waals surface area contributed by atoms with Crippen LogP contribution in [0.5, 0.6) is 5.75 Å². The van der Waals surface area contributed by atoms with E-state index in [9.17, 15) is 4.79 Å². The molecule has 0 atom stereocenters. The van der Waals surface area contributed by atoms with Gasteiger partial charge >= 0.3 is 0 Å². The number of para-hydroxylation sites is 1. The first-order chi connectivity index (χ1) is 8.72. The van der Waals surface area contributed by atoms with Crippen LogP contribution in [0, 0.1) is 0 Å². The Morgan fingerprint density at radius 1 is 1.39 bits per heavy atom. The SMILES string of the molecule is CCn1ncc(Cl)c1C(=O)COc1ccccc1. The largest absolute Gasteiger partial charge is 0.485 e. The average Bonchev–Trinajstić information content (AvgIpc) is 2.78. The minimum absolute atomic E-state index is 0.0462. The van der Waals surface area contributed by atoms with Gasteiger partial charge < -0.3 is 4.74 Å². The van der Waals surface area contributed by atoms with E-state index >= 15 is 0 Å². The summed E-state index contributed by atoms with van der Waals surface area (Å²) < 4.78 is 6.97. The maximum Gasteiger partial charge on any atom is 0.219 e. The van der Waals surface area contributed by atoms with Crippen LogP contribution in [0.4, 0.5) is 0 Å². The molecule has 0 bridgehead atoms. The van der Waals surface area contributed by atoms with Crippen molar-refractivity contribution in [2.45, 2.75) is 13.5 Å². The smallest absolute Gasteiger partial charge is 0.219 e.